The van der Waals surface area contributed by atoms with Crippen molar-refractivity contribution in [2.45, 2.75) is 46.6 Å². The van der Waals surface area contributed by atoms with E-state index in [4.69, 9.17) is 4.55 Å². The largest absolute Gasteiger partial charge is 0.314 e. The van der Waals surface area contributed by atoms with Crippen LogP contribution in [0.5, 0.6) is 0 Å². The quantitative estimate of drug-likeness (QED) is 0.545. The van der Waals surface area contributed by atoms with Crippen LogP contribution in [0.4, 0.5) is 0 Å². The Labute approximate surface area is 93.2 Å². The maximum absolute atomic E-state index is 10.4. The molecule has 0 spiro atoms. The molecule has 2 N–H and O–H groups in total. The predicted octanol–water partition coefficient (Wildman–Crippen LogP) is 1.68. The lowest BCUT2D eigenvalue weighted by molar-refractivity contribution is 0.286. The van der Waals surface area contributed by atoms with Crippen LogP contribution in [0, 0.1) is 5.41 Å². The fourth-order valence-corrected chi connectivity index (χ4v) is 1.60. The average Bonchev–Trinajstić information content (AvgIpc) is 1.99. The molecule has 0 rings (SSSR count). The zero-order valence-electron chi connectivity index (χ0n) is 10.1. The van der Waals surface area contributed by atoms with Gasteiger partial charge in [0.05, 0.1) is 5.75 Å². The molecule has 92 valence electrons. The topological polar surface area (TPSA) is 66.4 Å². The van der Waals surface area contributed by atoms with Crippen molar-refractivity contribution < 1.29 is 13.0 Å². The van der Waals surface area contributed by atoms with Crippen molar-refractivity contribution in [1.82, 2.24) is 5.32 Å². The fraction of sp³-hybridized carbons (Fsp3) is 1.00. The highest BCUT2D eigenvalue weighted by Crippen LogP contribution is 2.18. The van der Waals surface area contributed by atoms with Gasteiger partial charge >= 0.3 is 0 Å². The Morgan fingerprint density at radius 3 is 2.20 bits per heavy atom. The number of nitrogens with one attached hydrogen (secondary N) is 1. The monoisotopic (exact) mass is 237 g/mol. The summed E-state index contributed by atoms with van der Waals surface area (Å²) in [4.78, 5) is 0. The van der Waals surface area contributed by atoms with Gasteiger partial charge in [0.2, 0.25) is 0 Å². The number of rotatable bonds is 6. The van der Waals surface area contributed by atoms with Gasteiger partial charge in [-0.3, -0.25) is 4.55 Å². The lowest BCUT2D eigenvalue weighted by Gasteiger charge is -2.28. The molecular formula is C10H23NO3S. The van der Waals surface area contributed by atoms with E-state index in [9.17, 15) is 8.42 Å². The van der Waals surface area contributed by atoms with E-state index in [1.165, 1.54) is 0 Å². The summed E-state index contributed by atoms with van der Waals surface area (Å²) >= 11 is 0. The van der Waals surface area contributed by atoms with Crippen LogP contribution in [-0.2, 0) is 10.1 Å². The molecule has 5 heteroatoms. The summed E-state index contributed by atoms with van der Waals surface area (Å²) < 4.78 is 29.4. The van der Waals surface area contributed by atoms with Gasteiger partial charge in [0.15, 0.2) is 0 Å². The third-order valence-electron chi connectivity index (χ3n) is 2.58. The van der Waals surface area contributed by atoms with E-state index in [1.54, 1.807) is 0 Å². The van der Waals surface area contributed by atoms with Crippen LogP contribution in [-0.4, -0.2) is 31.3 Å². The van der Waals surface area contributed by atoms with Crippen molar-refractivity contribution in [3.05, 3.63) is 0 Å². The standard InChI is InChI=1S/C10H23NO3S/c1-9(10(2,3)4)11-7-5-6-8-15(12,13)14/h9,11H,5-8H2,1-4H3,(H,12,13,14). The molecular weight excluding hydrogens is 214 g/mol. The lowest BCUT2D eigenvalue weighted by Crippen LogP contribution is -2.38. The Morgan fingerprint density at radius 2 is 1.80 bits per heavy atom. The molecule has 0 aromatic heterocycles. The van der Waals surface area contributed by atoms with Gasteiger partial charge in [-0.25, -0.2) is 0 Å². The zero-order chi connectivity index (χ0) is 12.1. The highest BCUT2D eigenvalue weighted by molar-refractivity contribution is 7.85. The highest BCUT2D eigenvalue weighted by atomic mass is 32.2. The maximum Gasteiger partial charge on any atom is 0.264 e. The molecule has 0 aromatic carbocycles. The fourth-order valence-electron chi connectivity index (χ4n) is 1.03. The molecule has 0 aromatic rings. The van der Waals surface area contributed by atoms with Gasteiger partial charge in [-0.2, -0.15) is 8.42 Å². The molecule has 0 aliphatic rings. The molecule has 15 heavy (non-hydrogen) atoms. The summed E-state index contributed by atoms with van der Waals surface area (Å²) in [7, 11) is -3.78. The second-order valence-electron chi connectivity index (χ2n) is 5.03. The smallest absolute Gasteiger partial charge is 0.264 e. The van der Waals surface area contributed by atoms with Crippen LogP contribution in [0.2, 0.25) is 0 Å². The number of hydrogen-bond donors (Lipinski definition) is 2. The van der Waals surface area contributed by atoms with Crippen LogP contribution in [0.1, 0.15) is 40.5 Å². The summed E-state index contributed by atoms with van der Waals surface area (Å²) in [5.41, 5.74) is 0.211. The van der Waals surface area contributed by atoms with Crippen LogP contribution in [0.25, 0.3) is 0 Å². The van der Waals surface area contributed by atoms with Gasteiger partial charge in [0.1, 0.15) is 0 Å². The van der Waals surface area contributed by atoms with Gasteiger partial charge in [0.25, 0.3) is 10.1 Å². The average molecular weight is 237 g/mol. The van der Waals surface area contributed by atoms with Crippen molar-refractivity contribution in [3.8, 4) is 0 Å². The summed E-state index contributed by atoms with van der Waals surface area (Å²) in [6, 6.07) is 0.392. The Bertz CT molecular complexity index is 267. The Balaban J connectivity index is 3.56. The number of hydrogen-bond acceptors (Lipinski definition) is 3. The van der Waals surface area contributed by atoms with E-state index in [2.05, 4.69) is 33.0 Å². The molecule has 0 saturated heterocycles. The summed E-state index contributed by atoms with van der Waals surface area (Å²) in [6.45, 7) is 9.37. The summed E-state index contributed by atoms with van der Waals surface area (Å²) in [5, 5.41) is 3.33. The minimum absolute atomic E-state index is 0.140. The van der Waals surface area contributed by atoms with Crippen molar-refractivity contribution in [3.63, 3.8) is 0 Å². The summed E-state index contributed by atoms with van der Waals surface area (Å²) in [6.07, 6.45) is 1.27. The molecule has 0 heterocycles. The van der Waals surface area contributed by atoms with Crippen molar-refractivity contribution in [2.24, 2.45) is 5.41 Å². The molecule has 0 bridgehead atoms. The molecule has 0 radical (unpaired) electrons. The molecule has 0 amide bonds. The number of unbranched alkanes of at least 4 members (excludes halogenated alkanes) is 1. The normalized spacial score (nSPS) is 15.3. The summed E-state index contributed by atoms with van der Waals surface area (Å²) in [5.74, 6) is -0.140. The van der Waals surface area contributed by atoms with Crippen molar-refractivity contribution in [1.29, 1.82) is 0 Å². The second-order valence-corrected chi connectivity index (χ2v) is 6.61. The molecule has 0 fully saturated rings. The first-order chi connectivity index (χ1) is 6.63. The highest BCUT2D eigenvalue weighted by Gasteiger charge is 2.18. The van der Waals surface area contributed by atoms with Crippen LogP contribution >= 0.6 is 0 Å². The van der Waals surface area contributed by atoms with Crippen LogP contribution in [0.15, 0.2) is 0 Å². The lowest BCUT2D eigenvalue weighted by atomic mass is 9.88. The van der Waals surface area contributed by atoms with Crippen molar-refractivity contribution in [2.75, 3.05) is 12.3 Å². The van der Waals surface area contributed by atoms with E-state index in [1.807, 2.05) is 0 Å². The molecule has 0 aliphatic carbocycles. The zero-order valence-corrected chi connectivity index (χ0v) is 10.9. The molecule has 0 saturated carbocycles. The van der Waals surface area contributed by atoms with Crippen LogP contribution < -0.4 is 5.32 Å². The third-order valence-corrected chi connectivity index (χ3v) is 3.38. The van der Waals surface area contributed by atoms with Gasteiger partial charge in [-0.05, 0) is 31.7 Å². The van der Waals surface area contributed by atoms with E-state index in [0.29, 0.717) is 12.5 Å². The molecule has 1 atom stereocenters. The Kier molecular flexibility index (Phi) is 5.77. The SMILES string of the molecule is CC(NCCCCS(=O)(=O)O)C(C)(C)C. The Hall–Kier alpha value is -0.130. The first-order valence-electron chi connectivity index (χ1n) is 5.31. The Morgan fingerprint density at radius 1 is 1.27 bits per heavy atom. The van der Waals surface area contributed by atoms with Gasteiger partial charge in [-0.15, -0.1) is 0 Å². The van der Waals surface area contributed by atoms with Crippen LogP contribution in [0.3, 0.4) is 0 Å². The molecule has 1 unspecified atom stereocenters. The minimum Gasteiger partial charge on any atom is -0.314 e. The van der Waals surface area contributed by atoms with E-state index < -0.39 is 10.1 Å². The van der Waals surface area contributed by atoms with E-state index in [-0.39, 0.29) is 11.2 Å². The first kappa shape index (κ1) is 14.9. The second kappa shape index (κ2) is 5.82. The minimum atomic E-state index is -3.78. The van der Waals surface area contributed by atoms with E-state index >= 15 is 0 Å². The van der Waals surface area contributed by atoms with Crippen molar-refractivity contribution >= 4 is 10.1 Å². The predicted molar refractivity (Wildman–Crippen MR) is 62.6 cm³/mol. The molecule has 0 aliphatic heterocycles. The maximum atomic E-state index is 10.4. The van der Waals surface area contributed by atoms with E-state index in [0.717, 1.165) is 13.0 Å². The third kappa shape index (κ3) is 8.84. The first-order valence-corrected chi connectivity index (χ1v) is 6.92. The van der Waals surface area contributed by atoms with Gasteiger partial charge < -0.3 is 5.32 Å². The van der Waals surface area contributed by atoms with Gasteiger partial charge in [0, 0.05) is 6.04 Å². The molecule has 4 nitrogen and oxygen atoms in total. The van der Waals surface area contributed by atoms with Gasteiger partial charge in [-0.1, -0.05) is 20.8 Å².